The average Bonchev–Trinajstić information content (AvgIpc) is 2.99. The zero-order chi connectivity index (χ0) is 12.4. The molecule has 2 rings (SSSR count). The first-order valence-corrected chi connectivity index (χ1v) is 6.01. The highest BCUT2D eigenvalue weighted by atomic mass is 16.3. The van der Waals surface area contributed by atoms with Crippen LogP contribution in [0.3, 0.4) is 0 Å². The number of primary amides is 1. The Morgan fingerprint density at radius 1 is 1.65 bits per heavy atom. The molecule has 1 saturated carbocycles. The molecule has 3 N–H and O–H groups in total. The van der Waals surface area contributed by atoms with Crippen LogP contribution in [-0.4, -0.2) is 32.1 Å². The van der Waals surface area contributed by atoms with Gasteiger partial charge < -0.3 is 10.8 Å². The number of aryl methyl sites for hydroxylation is 1. The number of hydrogen-bond donors (Lipinski definition) is 2. The van der Waals surface area contributed by atoms with Crippen LogP contribution >= 0.6 is 0 Å². The van der Waals surface area contributed by atoms with Crippen LogP contribution in [0.15, 0.2) is 0 Å². The SMILES string of the molecule is CC(O)CCCn1nnc(C(N)=O)c1C1CC1. The number of aromatic nitrogens is 3. The summed E-state index contributed by atoms with van der Waals surface area (Å²) in [6.45, 7) is 2.44. The summed E-state index contributed by atoms with van der Waals surface area (Å²) in [6.07, 6.45) is 3.38. The molecule has 1 fully saturated rings. The maximum Gasteiger partial charge on any atom is 0.271 e. The van der Waals surface area contributed by atoms with Crippen LogP contribution in [0.1, 0.15) is 54.7 Å². The molecule has 0 bridgehead atoms. The molecule has 1 aliphatic carbocycles. The molecule has 1 aliphatic rings. The van der Waals surface area contributed by atoms with Crippen LogP contribution in [-0.2, 0) is 6.54 Å². The van der Waals surface area contributed by atoms with Crippen molar-refractivity contribution >= 4 is 5.91 Å². The fourth-order valence-electron chi connectivity index (χ4n) is 1.96. The molecule has 6 heteroatoms. The van der Waals surface area contributed by atoms with Crippen molar-refractivity contribution in [3.63, 3.8) is 0 Å². The predicted molar refractivity (Wildman–Crippen MR) is 61.4 cm³/mol. The lowest BCUT2D eigenvalue weighted by atomic mass is 10.2. The van der Waals surface area contributed by atoms with Gasteiger partial charge in [0.2, 0.25) is 0 Å². The van der Waals surface area contributed by atoms with Crippen LogP contribution in [0.2, 0.25) is 0 Å². The first-order valence-electron chi connectivity index (χ1n) is 6.01. The Hall–Kier alpha value is -1.43. The van der Waals surface area contributed by atoms with E-state index in [0.29, 0.717) is 18.2 Å². The van der Waals surface area contributed by atoms with Crippen molar-refractivity contribution in [2.24, 2.45) is 5.73 Å². The Labute approximate surface area is 99.8 Å². The van der Waals surface area contributed by atoms with Crippen molar-refractivity contribution in [3.8, 4) is 0 Å². The Kier molecular flexibility index (Phi) is 3.42. The molecule has 1 atom stereocenters. The fraction of sp³-hybridized carbons (Fsp3) is 0.727. The van der Waals surface area contributed by atoms with Gasteiger partial charge in [-0.05, 0) is 32.6 Å². The number of nitrogens with two attached hydrogens (primary N) is 1. The third kappa shape index (κ3) is 2.82. The standard InChI is InChI=1S/C11H18N4O2/c1-7(16)3-2-6-15-10(8-4-5-8)9(11(12)17)13-14-15/h7-8,16H,2-6H2,1H3,(H2,12,17). The Bertz CT molecular complexity index is 410. The van der Waals surface area contributed by atoms with E-state index < -0.39 is 5.91 Å². The number of rotatable bonds is 6. The number of carbonyl (C=O) groups is 1. The van der Waals surface area contributed by atoms with Gasteiger partial charge in [-0.1, -0.05) is 5.21 Å². The predicted octanol–water partition coefficient (Wildman–Crippen LogP) is 0.415. The second-order valence-corrected chi connectivity index (χ2v) is 4.68. The van der Waals surface area contributed by atoms with Gasteiger partial charge >= 0.3 is 0 Å². The molecule has 1 aromatic rings. The molecule has 0 saturated heterocycles. The van der Waals surface area contributed by atoms with Gasteiger partial charge in [0.25, 0.3) is 5.91 Å². The number of aliphatic hydroxyl groups excluding tert-OH is 1. The summed E-state index contributed by atoms with van der Waals surface area (Å²) in [4.78, 5) is 11.2. The lowest BCUT2D eigenvalue weighted by molar-refractivity contribution is 0.0994. The van der Waals surface area contributed by atoms with Gasteiger partial charge in [0.05, 0.1) is 11.8 Å². The van der Waals surface area contributed by atoms with E-state index in [9.17, 15) is 9.90 Å². The molecule has 0 spiro atoms. The van der Waals surface area contributed by atoms with Gasteiger partial charge in [-0.2, -0.15) is 0 Å². The fourth-order valence-corrected chi connectivity index (χ4v) is 1.96. The summed E-state index contributed by atoms with van der Waals surface area (Å²) in [5, 5.41) is 17.0. The number of amides is 1. The zero-order valence-corrected chi connectivity index (χ0v) is 9.96. The Morgan fingerprint density at radius 3 is 2.88 bits per heavy atom. The maximum absolute atomic E-state index is 11.2. The maximum atomic E-state index is 11.2. The minimum atomic E-state index is -0.506. The van der Waals surface area contributed by atoms with E-state index in [2.05, 4.69) is 10.3 Å². The summed E-state index contributed by atoms with van der Waals surface area (Å²) >= 11 is 0. The largest absolute Gasteiger partial charge is 0.393 e. The monoisotopic (exact) mass is 238 g/mol. The number of nitrogens with zero attached hydrogens (tertiary/aromatic N) is 3. The van der Waals surface area contributed by atoms with Gasteiger partial charge in [0.1, 0.15) is 0 Å². The van der Waals surface area contributed by atoms with Crippen molar-refractivity contribution in [1.29, 1.82) is 0 Å². The molecule has 1 heterocycles. The van der Waals surface area contributed by atoms with E-state index in [4.69, 9.17) is 5.73 Å². The number of carbonyl (C=O) groups excluding carboxylic acids is 1. The molecule has 1 amide bonds. The van der Waals surface area contributed by atoms with Gasteiger partial charge in [-0.25, -0.2) is 4.68 Å². The third-order valence-electron chi connectivity index (χ3n) is 2.96. The second-order valence-electron chi connectivity index (χ2n) is 4.68. The molecule has 0 aliphatic heterocycles. The minimum absolute atomic E-state index is 0.307. The van der Waals surface area contributed by atoms with Crippen LogP contribution in [0.25, 0.3) is 0 Å². The molecule has 6 nitrogen and oxygen atoms in total. The second kappa shape index (κ2) is 4.83. The van der Waals surface area contributed by atoms with Gasteiger partial charge in [0, 0.05) is 12.5 Å². The van der Waals surface area contributed by atoms with Crippen molar-refractivity contribution in [1.82, 2.24) is 15.0 Å². The molecular weight excluding hydrogens is 220 g/mol. The van der Waals surface area contributed by atoms with Crippen LogP contribution in [0.4, 0.5) is 0 Å². The average molecular weight is 238 g/mol. The lowest BCUT2D eigenvalue weighted by Gasteiger charge is -2.07. The van der Waals surface area contributed by atoms with E-state index in [1.807, 2.05) is 0 Å². The smallest absolute Gasteiger partial charge is 0.271 e. The Morgan fingerprint density at radius 2 is 2.35 bits per heavy atom. The van der Waals surface area contributed by atoms with Crippen LogP contribution < -0.4 is 5.73 Å². The first kappa shape index (κ1) is 12.0. The molecule has 0 radical (unpaired) electrons. The molecule has 94 valence electrons. The minimum Gasteiger partial charge on any atom is -0.393 e. The van der Waals surface area contributed by atoms with Crippen molar-refractivity contribution in [2.45, 2.75) is 51.2 Å². The van der Waals surface area contributed by atoms with Gasteiger partial charge in [-0.3, -0.25) is 4.79 Å². The van der Waals surface area contributed by atoms with Gasteiger partial charge in [-0.15, -0.1) is 5.10 Å². The highest BCUT2D eigenvalue weighted by Crippen LogP contribution is 2.41. The third-order valence-corrected chi connectivity index (χ3v) is 2.96. The van der Waals surface area contributed by atoms with Crippen LogP contribution in [0.5, 0.6) is 0 Å². The van der Waals surface area contributed by atoms with E-state index in [1.54, 1.807) is 11.6 Å². The summed E-state index contributed by atoms with van der Waals surface area (Å²) < 4.78 is 1.76. The molecule has 0 aromatic carbocycles. The quantitative estimate of drug-likeness (QED) is 0.750. The molecule has 1 aromatic heterocycles. The molecular formula is C11H18N4O2. The van der Waals surface area contributed by atoms with Crippen LogP contribution in [0, 0.1) is 0 Å². The highest BCUT2D eigenvalue weighted by Gasteiger charge is 2.32. The van der Waals surface area contributed by atoms with Gasteiger partial charge in [0.15, 0.2) is 5.69 Å². The van der Waals surface area contributed by atoms with Crippen molar-refractivity contribution < 1.29 is 9.90 Å². The lowest BCUT2D eigenvalue weighted by Crippen LogP contribution is -2.15. The highest BCUT2D eigenvalue weighted by molar-refractivity contribution is 5.92. The molecule has 17 heavy (non-hydrogen) atoms. The number of aliphatic hydroxyl groups is 1. The van der Waals surface area contributed by atoms with E-state index >= 15 is 0 Å². The summed E-state index contributed by atoms with van der Waals surface area (Å²) in [5.74, 6) is -0.118. The Balaban J connectivity index is 2.08. The zero-order valence-electron chi connectivity index (χ0n) is 9.96. The summed E-state index contributed by atoms with van der Waals surface area (Å²) in [6, 6.07) is 0. The van der Waals surface area contributed by atoms with E-state index in [-0.39, 0.29) is 6.10 Å². The summed E-state index contributed by atoms with van der Waals surface area (Å²) in [5.41, 5.74) is 6.46. The normalized spacial score (nSPS) is 17.1. The summed E-state index contributed by atoms with van der Waals surface area (Å²) in [7, 11) is 0. The first-order chi connectivity index (χ1) is 8.09. The number of hydrogen-bond acceptors (Lipinski definition) is 4. The topological polar surface area (TPSA) is 94.0 Å². The van der Waals surface area contributed by atoms with E-state index in [1.165, 1.54) is 0 Å². The molecule has 1 unspecified atom stereocenters. The van der Waals surface area contributed by atoms with Crippen molar-refractivity contribution in [3.05, 3.63) is 11.4 Å². The van der Waals surface area contributed by atoms with Crippen molar-refractivity contribution in [2.75, 3.05) is 0 Å². The van der Waals surface area contributed by atoms with E-state index in [0.717, 1.165) is 31.4 Å².